The molecule has 0 N–H and O–H groups in total. The van der Waals surface area contributed by atoms with Crippen LogP contribution in [0.25, 0.3) is 5.82 Å². The number of nitrogens with zero attached hydrogens (tertiary/aromatic N) is 5. The zero-order chi connectivity index (χ0) is 25.5. The Balaban J connectivity index is 1.56. The third-order valence-electron chi connectivity index (χ3n) is 6.87. The Bertz CT molecular complexity index is 1330. The zero-order valence-corrected chi connectivity index (χ0v) is 22.1. The van der Waals surface area contributed by atoms with Crippen molar-refractivity contribution in [1.82, 2.24) is 24.0 Å². The van der Waals surface area contributed by atoms with Crippen LogP contribution in [0.1, 0.15) is 58.1 Å². The third kappa shape index (κ3) is 4.50. The summed E-state index contributed by atoms with van der Waals surface area (Å²) in [5.41, 5.74) is 4.83. The lowest BCUT2D eigenvalue weighted by molar-refractivity contribution is 0.0696. The number of hydrogen-bond donors (Lipinski definition) is 0. The number of rotatable bonds is 5. The Labute approximate surface area is 207 Å². The number of amides is 1. The van der Waals surface area contributed by atoms with Crippen LogP contribution in [0.3, 0.4) is 0 Å². The highest BCUT2D eigenvalue weighted by molar-refractivity contribution is 7.89. The smallest absolute Gasteiger partial charge is 0.257 e. The average molecular weight is 496 g/mol. The molecule has 2 aromatic heterocycles. The summed E-state index contributed by atoms with van der Waals surface area (Å²) in [6.45, 7) is 12.8. The molecule has 1 fully saturated rings. The maximum absolute atomic E-state index is 13.6. The number of pyridine rings is 1. The van der Waals surface area contributed by atoms with E-state index in [0.717, 1.165) is 27.9 Å². The van der Waals surface area contributed by atoms with E-state index in [1.54, 1.807) is 22.0 Å². The van der Waals surface area contributed by atoms with Gasteiger partial charge in [-0.05, 0) is 68.0 Å². The summed E-state index contributed by atoms with van der Waals surface area (Å²) in [6, 6.07) is 7.60. The SMILES string of the molecule is Cc1cc(C)c(C)c(S(=O)(=O)N2CCN(C(=O)c3cnn(-c4ccccn4)c3C(C)C)CC2)c1C. The Morgan fingerprint density at radius 2 is 1.60 bits per heavy atom. The first-order chi connectivity index (χ1) is 16.5. The van der Waals surface area contributed by atoms with Gasteiger partial charge in [-0.15, -0.1) is 0 Å². The van der Waals surface area contributed by atoms with Crippen molar-refractivity contribution in [3.63, 3.8) is 0 Å². The number of hydrogen-bond acceptors (Lipinski definition) is 5. The minimum Gasteiger partial charge on any atom is -0.336 e. The van der Waals surface area contributed by atoms with E-state index in [1.807, 2.05) is 65.8 Å². The van der Waals surface area contributed by atoms with Crippen molar-refractivity contribution in [2.45, 2.75) is 52.4 Å². The van der Waals surface area contributed by atoms with Gasteiger partial charge < -0.3 is 4.90 Å². The lowest BCUT2D eigenvalue weighted by Crippen LogP contribution is -2.50. The van der Waals surface area contributed by atoms with Crippen LogP contribution in [0.15, 0.2) is 41.6 Å². The summed E-state index contributed by atoms with van der Waals surface area (Å²) in [4.78, 5) is 20.0. The highest BCUT2D eigenvalue weighted by atomic mass is 32.2. The number of aryl methyl sites for hydroxylation is 2. The Morgan fingerprint density at radius 1 is 0.971 bits per heavy atom. The van der Waals surface area contributed by atoms with E-state index in [1.165, 1.54) is 4.31 Å². The molecule has 9 heteroatoms. The van der Waals surface area contributed by atoms with Crippen molar-refractivity contribution in [2.24, 2.45) is 0 Å². The number of piperazine rings is 1. The number of carbonyl (C=O) groups is 1. The standard InChI is InChI=1S/C26H33N5O3S/c1-17(2)24-22(16-28-31(24)23-9-7-8-10-27-23)26(32)29-11-13-30(14-12-29)35(33,34)25-20(5)18(3)15-19(4)21(25)6/h7-10,15-17H,11-14H2,1-6H3. The number of carbonyl (C=O) groups excluding carboxylic acids is 1. The highest BCUT2D eigenvalue weighted by Crippen LogP contribution is 2.30. The van der Waals surface area contributed by atoms with Gasteiger partial charge in [0.2, 0.25) is 10.0 Å². The quantitative estimate of drug-likeness (QED) is 0.538. The van der Waals surface area contributed by atoms with Gasteiger partial charge in [0.05, 0.1) is 22.3 Å². The molecule has 1 amide bonds. The fourth-order valence-corrected chi connectivity index (χ4v) is 6.74. The molecular formula is C26H33N5O3S. The van der Waals surface area contributed by atoms with E-state index in [4.69, 9.17) is 0 Å². The molecule has 1 aliphatic rings. The second-order valence-electron chi connectivity index (χ2n) is 9.48. The molecule has 186 valence electrons. The summed E-state index contributed by atoms with van der Waals surface area (Å²) in [5.74, 6) is 0.577. The lowest BCUT2D eigenvalue weighted by Gasteiger charge is -2.35. The van der Waals surface area contributed by atoms with Crippen molar-refractivity contribution < 1.29 is 13.2 Å². The van der Waals surface area contributed by atoms with Crippen LogP contribution in [0, 0.1) is 27.7 Å². The first kappa shape index (κ1) is 25.1. The van der Waals surface area contributed by atoms with Gasteiger partial charge in [0.15, 0.2) is 5.82 Å². The molecule has 0 unspecified atom stereocenters. The van der Waals surface area contributed by atoms with Gasteiger partial charge in [-0.25, -0.2) is 18.1 Å². The Morgan fingerprint density at radius 3 is 2.14 bits per heavy atom. The van der Waals surface area contributed by atoms with Crippen LogP contribution in [0.5, 0.6) is 0 Å². The molecule has 0 bridgehead atoms. The molecule has 0 saturated carbocycles. The lowest BCUT2D eigenvalue weighted by atomic mass is 10.0. The van der Waals surface area contributed by atoms with E-state index in [-0.39, 0.29) is 24.9 Å². The summed E-state index contributed by atoms with van der Waals surface area (Å²) < 4.78 is 30.4. The first-order valence-electron chi connectivity index (χ1n) is 11.9. The van der Waals surface area contributed by atoms with Gasteiger partial charge in [-0.3, -0.25) is 4.79 Å². The van der Waals surface area contributed by atoms with Crippen molar-refractivity contribution in [3.05, 3.63) is 70.2 Å². The van der Waals surface area contributed by atoms with Crippen LogP contribution < -0.4 is 0 Å². The second-order valence-corrected chi connectivity index (χ2v) is 11.4. The molecule has 3 aromatic rings. The Hall–Kier alpha value is -3.04. The molecule has 1 aliphatic heterocycles. The summed E-state index contributed by atoms with van der Waals surface area (Å²) in [5, 5.41) is 4.45. The fraction of sp³-hybridized carbons (Fsp3) is 0.423. The van der Waals surface area contributed by atoms with E-state index in [0.29, 0.717) is 29.4 Å². The molecule has 3 heterocycles. The first-order valence-corrected chi connectivity index (χ1v) is 13.3. The van der Waals surface area contributed by atoms with Gasteiger partial charge >= 0.3 is 0 Å². The topological polar surface area (TPSA) is 88.4 Å². The van der Waals surface area contributed by atoms with Crippen molar-refractivity contribution in [3.8, 4) is 5.82 Å². The molecule has 4 rings (SSSR count). The van der Waals surface area contributed by atoms with Crippen LogP contribution >= 0.6 is 0 Å². The normalized spacial score (nSPS) is 15.1. The van der Waals surface area contributed by atoms with Gasteiger partial charge in [0, 0.05) is 32.4 Å². The summed E-state index contributed by atoms with van der Waals surface area (Å²) >= 11 is 0. The third-order valence-corrected chi connectivity index (χ3v) is 9.04. The summed E-state index contributed by atoms with van der Waals surface area (Å²) in [7, 11) is -3.67. The van der Waals surface area contributed by atoms with Gasteiger partial charge in [0.25, 0.3) is 5.91 Å². The molecule has 35 heavy (non-hydrogen) atoms. The molecule has 8 nitrogen and oxygen atoms in total. The molecule has 0 atom stereocenters. The molecule has 1 aromatic carbocycles. The minimum absolute atomic E-state index is 0.0515. The highest BCUT2D eigenvalue weighted by Gasteiger charge is 2.34. The molecule has 1 saturated heterocycles. The van der Waals surface area contributed by atoms with E-state index < -0.39 is 10.0 Å². The second kappa shape index (κ2) is 9.54. The van der Waals surface area contributed by atoms with Gasteiger partial charge in [0.1, 0.15) is 0 Å². The predicted molar refractivity (Wildman–Crippen MR) is 136 cm³/mol. The van der Waals surface area contributed by atoms with Crippen LogP contribution in [-0.4, -0.2) is 64.5 Å². The van der Waals surface area contributed by atoms with Crippen LogP contribution in [0.2, 0.25) is 0 Å². The number of sulfonamides is 1. The van der Waals surface area contributed by atoms with E-state index >= 15 is 0 Å². The fourth-order valence-electron chi connectivity index (χ4n) is 4.74. The van der Waals surface area contributed by atoms with E-state index in [9.17, 15) is 13.2 Å². The molecular weight excluding hydrogens is 462 g/mol. The van der Waals surface area contributed by atoms with Crippen molar-refractivity contribution in [2.75, 3.05) is 26.2 Å². The van der Waals surface area contributed by atoms with Gasteiger partial charge in [-0.1, -0.05) is 26.0 Å². The van der Waals surface area contributed by atoms with E-state index in [2.05, 4.69) is 10.1 Å². The number of aromatic nitrogens is 3. The van der Waals surface area contributed by atoms with Crippen LogP contribution in [-0.2, 0) is 10.0 Å². The van der Waals surface area contributed by atoms with Crippen molar-refractivity contribution >= 4 is 15.9 Å². The maximum atomic E-state index is 13.6. The monoisotopic (exact) mass is 495 g/mol. The molecule has 0 aliphatic carbocycles. The molecule has 0 radical (unpaired) electrons. The maximum Gasteiger partial charge on any atom is 0.257 e. The van der Waals surface area contributed by atoms with Gasteiger partial charge in [-0.2, -0.15) is 9.40 Å². The van der Waals surface area contributed by atoms with Crippen LogP contribution in [0.4, 0.5) is 0 Å². The summed E-state index contributed by atoms with van der Waals surface area (Å²) in [6.07, 6.45) is 3.29. The largest absolute Gasteiger partial charge is 0.336 e. The Kier molecular flexibility index (Phi) is 6.83. The average Bonchev–Trinajstić information content (AvgIpc) is 3.29. The molecule has 0 spiro atoms. The van der Waals surface area contributed by atoms with Crippen molar-refractivity contribution in [1.29, 1.82) is 0 Å². The predicted octanol–water partition coefficient (Wildman–Crippen LogP) is 3.77. The zero-order valence-electron chi connectivity index (χ0n) is 21.2. The minimum atomic E-state index is -3.67. The number of benzene rings is 1.